The third kappa shape index (κ3) is 4.05. The van der Waals surface area contributed by atoms with E-state index in [1.54, 1.807) is 12.1 Å². The molecule has 4 nitrogen and oxygen atoms in total. The van der Waals surface area contributed by atoms with Crippen LogP contribution in [-0.4, -0.2) is 24.6 Å². The second kappa shape index (κ2) is 6.53. The van der Waals surface area contributed by atoms with Gasteiger partial charge in [0.05, 0.1) is 16.3 Å². The molecule has 0 radical (unpaired) electrons. The van der Waals surface area contributed by atoms with Crippen LogP contribution >= 0.6 is 0 Å². The monoisotopic (exact) mass is 394 g/mol. The Kier molecular flexibility index (Phi) is 4.63. The lowest BCUT2D eigenvalue weighted by Gasteiger charge is -2.07. The van der Waals surface area contributed by atoms with Crippen LogP contribution in [0.3, 0.4) is 0 Å². The van der Waals surface area contributed by atoms with Crippen molar-refractivity contribution in [1.29, 1.82) is 0 Å². The van der Waals surface area contributed by atoms with Crippen molar-refractivity contribution in [2.75, 3.05) is 6.26 Å². The van der Waals surface area contributed by atoms with Crippen molar-refractivity contribution in [3.63, 3.8) is 0 Å². The third-order valence-corrected chi connectivity index (χ3v) is 5.17. The molecule has 0 saturated carbocycles. The highest BCUT2D eigenvalue weighted by atomic mass is 32.2. The maximum Gasteiger partial charge on any atom is 0.449 e. The molecule has 0 aliphatic rings. The largest absolute Gasteiger partial charge is 0.449 e. The van der Waals surface area contributed by atoms with Crippen molar-refractivity contribution in [3.05, 3.63) is 59.4 Å². The van der Waals surface area contributed by atoms with Gasteiger partial charge in [-0.25, -0.2) is 13.4 Å². The van der Waals surface area contributed by atoms with E-state index in [2.05, 4.69) is 9.97 Å². The number of nitrogens with one attached hydrogen (secondary N) is 1. The first kappa shape index (κ1) is 19.2. The SMILES string of the molecule is Cc1cc(C)cc(-c2[nH]c(C(F)(F)F)nc2-c2ccc(S(C)(=O)=O)cc2)c1. The Morgan fingerprint density at radius 2 is 1.48 bits per heavy atom. The molecule has 0 unspecified atom stereocenters. The molecule has 27 heavy (non-hydrogen) atoms. The summed E-state index contributed by atoms with van der Waals surface area (Å²) in [6.07, 6.45) is -3.56. The molecule has 0 fully saturated rings. The minimum atomic E-state index is -4.63. The van der Waals surface area contributed by atoms with Crippen LogP contribution in [0, 0.1) is 13.8 Å². The predicted molar refractivity (Wildman–Crippen MR) is 97.0 cm³/mol. The van der Waals surface area contributed by atoms with Crippen molar-refractivity contribution in [2.24, 2.45) is 0 Å². The second-order valence-corrected chi connectivity index (χ2v) is 8.50. The van der Waals surface area contributed by atoms with Gasteiger partial charge in [0.15, 0.2) is 9.84 Å². The third-order valence-electron chi connectivity index (χ3n) is 4.04. The van der Waals surface area contributed by atoms with Crippen molar-refractivity contribution in [1.82, 2.24) is 9.97 Å². The van der Waals surface area contributed by atoms with E-state index in [0.29, 0.717) is 11.1 Å². The molecule has 0 atom stereocenters. The van der Waals surface area contributed by atoms with E-state index in [0.717, 1.165) is 17.4 Å². The lowest BCUT2D eigenvalue weighted by Crippen LogP contribution is -2.07. The smallest absolute Gasteiger partial charge is 0.334 e. The number of benzene rings is 2. The molecule has 3 aromatic rings. The van der Waals surface area contributed by atoms with Crippen LogP contribution in [0.25, 0.3) is 22.5 Å². The molecule has 3 rings (SSSR count). The van der Waals surface area contributed by atoms with Crippen LogP contribution in [0.5, 0.6) is 0 Å². The highest BCUT2D eigenvalue weighted by Crippen LogP contribution is 2.36. The van der Waals surface area contributed by atoms with E-state index < -0.39 is 21.8 Å². The predicted octanol–water partition coefficient (Wildman–Crippen LogP) is 4.78. The van der Waals surface area contributed by atoms with Crippen LogP contribution in [-0.2, 0) is 16.0 Å². The fourth-order valence-corrected chi connectivity index (χ4v) is 3.53. The summed E-state index contributed by atoms with van der Waals surface area (Å²) in [5, 5.41) is 0. The Balaban J connectivity index is 2.21. The zero-order valence-electron chi connectivity index (χ0n) is 14.8. The van der Waals surface area contributed by atoms with Gasteiger partial charge in [-0.3, -0.25) is 0 Å². The van der Waals surface area contributed by atoms with Gasteiger partial charge in [-0.05, 0) is 38.1 Å². The van der Waals surface area contributed by atoms with Crippen LogP contribution in [0.4, 0.5) is 13.2 Å². The number of imidazole rings is 1. The number of alkyl halides is 3. The average molecular weight is 394 g/mol. The Morgan fingerprint density at radius 1 is 0.926 bits per heavy atom. The number of rotatable bonds is 3. The normalized spacial score (nSPS) is 12.4. The highest BCUT2D eigenvalue weighted by molar-refractivity contribution is 7.90. The van der Waals surface area contributed by atoms with E-state index in [1.165, 1.54) is 24.3 Å². The molecule has 142 valence electrons. The summed E-state index contributed by atoms with van der Waals surface area (Å²) in [4.78, 5) is 6.22. The molecule has 0 aliphatic carbocycles. The Labute approximate surface area is 155 Å². The number of H-pyrrole nitrogens is 1. The molecule has 0 amide bonds. The Bertz CT molecular complexity index is 1080. The second-order valence-electron chi connectivity index (χ2n) is 6.48. The quantitative estimate of drug-likeness (QED) is 0.695. The van der Waals surface area contributed by atoms with Crippen LogP contribution in [0.2, 0.25) is 0 Å². The molecule has 0 aliphatic heterocycles. The minimum Gasteiger partial charge on any atom is -0.334 e. The summed E-state index contributed by atoms with van der Waals surface area (Å²) in [6, 6.07) is 11.1. The number of hydrogen-bond acceptors (Lipinski definition) is 3. The fraction of sp³-hybridized carbons (Fsp3) is 0.211. The van der Waals surface area contributed by atoms with E-state index in [-0.39, 0.29) is 16.3 Å². The summed E-state index contributed by atoms with van der Waals surface area (Å²) in [6.45, 7) is 3.72. The van der Waals surface area contributed by atoms with Crippen molar-refractivity contribution >= 4 is 9.84 Å². The number of sulfone groups is 1. The zero-order valence-corrected chi connectivity index (χ0v) is 15.7. The minimum absolute atomic E-state index is 0.0887. The van der Waals surface area contributed by atoms with Gasteiger partial charge in [0, 0.05) is 17.4 Å². The van der Waals surface area contributed by atoms with E-state index in [4.69, 9.17) is 0 Å². The highest BCUT2D eigenvalue weighted by Gasteiger charge is 2.36. The first-order valence-corrected chi connectivity index (χ1v) is 9.90. The number of aromatic nitrogens is 2. The molecular weight excluding hydrogens is 377 g/mol. The van der Waals surface area contributed by atoms with Gasteiger partial charge in [0.1, 0.15) is 0 Å². The fourth-order valence-electron chi connectivity index (χ4n) is 2.90. The number of hydrogen-bond donors (Lipinski definition) is 1. The van der Waals surface area contributed by atoms with Gasteiger partial charge in [-0.15, -0.1) is 0 Å². The summed E-state index contributed by atoms with van der Waals surface area (Å²) < 4.78 is 62.9. The van der Waals surface area contributed by atoms with E-state index in [1.807, 2.05) is 19.9 Å². The molecule has 8 heteroatoms. The van der Waals surface area contributed by atoms with Crippen molar-refractivity contribution < 1.29 is 21.6 Å². The molecule has 0 saturated heterocycles. The Hall–Kier alpha value is -2.61. The number of aryl methyl sites for hydroxylation is 2. The molecule has 1 aromatic heterocycles. The molecule has 0 bridgehead atoms. The zero-order chi connectivity index (χ0) is 20.0. The summed E-state index contributed by atoms with van der Waals surface area (Å²) in [5.74, 6) is -1.10. The molecular formula is C19H17F3N2O2S. The van der Waals surface area contributed by atoms with Gasteiger partial charge in [0.25, 0.3) is 0 Å². The summed E-state index contributed by atoms with van der Waals surface area (Å²) in [5.41, 5.74) is 3.15. The molecule has 1 N–H and O–H groups in total. The summed E-state index contributed by atoms with van der Waals surface area (Å²) >= 11 is 0. The van der Waals surface area contributed by atoms with Crippen LogP contribution in [0.15, 0.2) is 47.4 Å². The van der Waals surface area contributed by atoms with E-state index in [9.17, 15) is 21.6 Å². The average Bonchev–Trinajstić information content (AvgIpc) is 2.99. The van der Waals surface area contributed by atoms with Gasteiger partial charge in [0.2, 0.25) is 5.82 Å². The molecule has 0 spiro atoms. The van der Waals surface area contributed by atoms with Gasteiger partial charge in [-0.2, -0.15) is 13.2 Å². The lowest BCUT2D eigenvalue weighted by molar-refractivity contribution is -0.144. The maximum absolute atomic E-state index is 13.2. The standard InChI is InChI=1S/C19H17F3N2O2S/c1-11-8-12(2)10-14(9-11)17-16(23-18(24-17)19(20,21)22)13-4-6-15(7-5-13)27(3,25)26/h4-10H,1-3H3,(H,23,24). The Morgan fingerprint density at radius 3 is 1.96 bits per heavy atom. The molecule has 2 aromatic carbocycles. The van der Waals surface area contributed by atoms with Crippen LogP contribution in [0.1, 0.15) is 17.0 Å². The van der Waals surface area contributed by atoms with Crippen LogP contribution < -0.4 is 0 Å². The van der Waals surface area contributed by atoms with Gasteiger partial charge in [-0.1, -0.05) is 29.3 Å². The first-order valence-electron chi connectivity index (χ1n) is 8.01. The number of nitrogens with zero attached hydrogens (tertiary/aromatic N) is 1. The molecule has 1 heterocycles. The first-order chi connectivity index (χ1) is 12.4. The van der Waals surface area contributed by atoms with E-state index >= 15 is 0 Å². The van der Waals surface area contributed by atoms with Gasteiger partial charge >= 0.3 is 6.18 Å². The number of aromatic amines is 1. The summed E-state index contributed by atoms with van der Waals surface area (Å²) in [7, 11) is -3.40. The van der Waals surface area contributed by atoms with Crippen molar-refractivity contribution in [2.45, 2.75) is 24.9 Å². The topological polar surface area (TPSA) is 62.8 Å². The lowest BCUT2D eigenvalue weighted by atomic mass is 10.0. The van der Waals surface area contributed by atoms with Crippen molar-refractivity contribution in [3.8, 4) is 22.5 Å². The maximum atomic E-state index is 13.2. The van der Waals surface area contributed by atoms with Gasteiger partial charge < -0.3 is 4.98 Å². The number of halogens is 3.